The van der Waals surface area contributed by atoms with Gasteiger partial charge in [-0.25, -0.2) is 9.78 Å². The highest BCUT2D eigenvalue weighted by Gasteiger charge is 2.34. The molecule has 2 amide bonds. The summed E-state index contributed by atoms with van der Waals surface area (Å²) in [4.78, 5) is 57.2. The Bertz CT molecular complexity index is 2440. The number of Topliss-reactive ketones (excluding diaryl/α,β-unsaturated/α-hetero) is 1. The molecule has 0 bridgehead atoms. The number of allylic oxidation sites excluding steroid dienone is 1. The number of nitro groups is 1. The van der Waals surface area contributed by atoms with E-state index in [0.29, 0.717) is 33.7 Å². The molecule has 0 aliphatic heterocycles. The molecule has 0 aliphatic carbocycles. The van der Waals surface area contributed by atoms with Gasteiger partial charge in [-0.3, -0.25) is 24.6 Å². The van der Waals surface area contributed by atoms with Crippen LogP contribution >= 0.6 is 11.6 Å². The summed E-state index contributed by atoms with van der Waals surface area (Å²) >= 11 is 6.19. The monoisotopic (exact) mass is 791 g/mol. The number of nitro benzene ring substituents is 1. The van der Waals surface area contributed by atoms with E-state index in [1.165, 1.54) is 44.5 Å². The Labute approximate surface area is 335 Å². The Morgan fingerprint density at radius 3 is 2.35 bits per heavy atom. The lowest BCUT2D eigenvalue weighted by atomic mass is 9.72. The van der Waals surface area contributed by atoms with Crippen molar-refractivity contribution < 1.29 is 33.2 Å². The molecule has 1 N–H and O–H groups in total. The first kappa shape index (κ1) is 41.6. The van der Waals surface area contributed by atoms with Gasteiger partial charge >= 0.3 is 6.09 Å². The number of aromatic nitrogens is 1. The van der Waals surface area contributed by atoms with Crippen LogP contribution in [0.1, 0.15) is 74.0 Å². The van der Waals surface area contributed by atoms with Crippen LogP contribution < -0.4 is 15.0 Å². The number of carbonyl (C=O) groups excluding carboxylic acids is 3. The van der Waals surface area contributed by atoms with Crippen LogP contribution in [0.2, 0.25) is 5.02 Å². The first-order valence-electron chi connectivity index (χ1n) is 17.8. The van der Waals surface area contributed by atoms with Gasteiger partial charge in [0.1, 0.15) is 22.9 Å². The average Bonchev–Trinajstić information content (AvgIpc) is 3.59. The third kappa shape index (κ3) is 9.84. The van der Waals surface area contributed by atoms with E-state index in [4.69, 9.17) is 25.5 Å². The fraction of sp³-hybridized carbons (Fsp3) is 0.279. The Morgan fingerprint density at radius 1 is 1.04 bits per heavy atom. The predicted octanol–water partition coefficient (Wildman–Crippen LogP) is 9.95. The minimum atomic E-state index is -2.03. The smallest absolute Gasteiger partial charge is 0.415 e. The van der Waals surface area contributed by atoms with Gasteiger partial charge in [0, 0.05) is 30.4 Å². The Hall–Kier alpha value is -6.52. The third-order valence-corrected chi connectivity index (χ3v) is 9.52. The number of benzene rings is 4. The lowest BCUT2D eigenvalue weighted by Gasteiger charge is -2.32. The van der Waals surface area contributed by atoms with Crippen molar-refractivity contribution in [2.24, 2.45) is 5.41 Å². The number of methoxy groups -OCH3 is 1. The number of nitrogens with zero attached hydrogens (tertiary/aromatic N) is 4. The van der Waals surface area contributed by atoms with Crippen molar-refractivity contribution in [3.8, 4) is 11.8 Å². The van der Waals surface area contributed by atoms with Gasteiger partial charge in [-0.15, -0.1) is 0 Å². The van der Waals surface area contributed by atoms with E-state index < -0.39 is 28.8 Å². The molecule has 0 saturated carbocycles. The molecule has 14 heteroatoms. The molecule has 5 rings (SSSR count). The maximum absolute atomic E-state index is 13.7. The van der Waals surface area contributed by atoms with Crippen LogP contribution in [0.5, 0.6) is 5.75 Å². The number of aryl methyl sites for hydroxylation is 1. The highest BCUT2D eigenvalue weighted by molar-refractivity contribution is 6.34. The van der Waals surface area contributed by atoms with E-state index in [0.717, 1.165) is 29.0 Å². The van der Waals surface area contributed by atoms with E-state index in [9.17, 15) is 29.8 Å². The number of halogens is 1. The zero-order chi connectivity index (χ0) is 41.8. The zero-order valence-corrected chi connectivity index (χ0v) is 33.6. The minimum Gasteiger partial charge on any atom is -0.497 e. The predicted molar refractivity (Wildman–Crippen MR) is 219 cm³/mol. The number of oxazole rings is 1. The highest BCUT2D eigenvalue weighted by atomic mass is 35.5. The Balaban J connectivity index is 1.38. The maximum atomic E-state index is 13.7. The highest BCUT2D eigenvalue weighted by Crippen LogP contribution is 2.38. The van der Waals surface area contributed by atoms with Gasteiger partial charge in [0.05, 0.1) is 22.7 Å². The molecule has 0 fully saturated rings. The molecule has 1 unspecified atom stereocenters. The number of nitriles is 1. The summed E-state index contributed by atoms with van der Waals surface area (Å²) in [5, 5.41) is 23.8. The summed E-state index contributed by atoms with van der Waals surface area (Å²) in [6, 6.07) is 22.2. The minimum absolute atomic E-state index is 0.0283. The van der Waals surface area contributed by atoms with Crippen molar-refractivity contribution >= 4 is 69.2 Å². The molecular weight excluding hydrogens is 750 g/mol. The summed E-state index contributed by atoms with van der Waals surface area (Å²) in [5.41, 5.74) is 3.68. The van der Waals surface area contributed by atoms with Crippen molar-refractivity contribution in [1.29, 1.82) is 5.26 Å². The lowest BCUT2D eigenvalue weighted by molar-refractivity contribution is -0.384. The van der Waals surface area contributed by atoms with Crippen LogP contribution in [0.15, 0.2) is 83.3 Å². The summed E-state index contributed by atoms with van der Waals surface area (Å²) in [6.07, 6.45) is -0.488. The number of fused-ring (bicyclic) bond motifs is 1. The SMILES string of the molecule is COc1ccc(C(=O)C(OC(=O)N(C)c2ccc(/C=C(\C#N)c3nc4cc(C(C)(C)CC(C)(C)C)ccc4o3)c(C)c2)C(=O)Nc2cc([N+](=O)[O-])ccc2Cl)cc1. The maximum Gasteiger partial charge on any atom is 0.415 e. The fourth-order valence-electron chi connectivity index (χ4n) is 6.56. The van der Waals surface area contributed by atoms with Crippen molar-refractivity contribution in [3.05, 3.63) is 122 Å². The molecule has 294 valence electrons. The molecule has 13 nitrogen and oxygen atoms in total. The Morgan fingerprint density at radius 2 is 1.74 bits per heavy atom. The first-order valence-corrected chi connectivity index (χ1v) is 18.2. The molecule has 5 aromatic rings. The fourth-order valence-corrected chi connectivity index (χ4v) is 6.72. The number of rotatable bonds is 12. The van der Waals surface area contributed by atoms with E-state index in [1.54, 1.807) is 31.2 Å². The molecule has 4 aromatic carbocycles. The van der Waals surface area contributed by atoms with E-state index >= 15 is 0 Å². The number of hydrogen-bond acceptors (Lipinski definition) is 10. The standard InChI is InChI=1S/C43H42ClN5O8/c1-25-19-30(13-9-27(25)20-28(23-45)40-47-35-21-29(12-18-36(35)56-40)43(5,6)24-42(2,3)4)48(7)41(52)57-38(37(50)26-10-15-32(55-8)16-11-26)39(51)46-34-22-31(49(53)54)14-17-33(34)44/h9-22,38H,24H2,1-8H3,(H,46,51)/b28-20+. The molecule has 1 aromatic heterocycles. The van der Waals surface area contributed by atoms with Gasteiger partial charge in [-0.05, 0) is 102 Å². The number of ketones is 1. The van der Waals surface area contributed by atoms with Crippen molar-refractivity contribution in [2.75, 3.05) is 24.4 Å². The van der Waals surface area contributed by atoms with Crippen LogP contribution in [0.4, 0.5) is 21.9 Å². The second-order valence-corrected chi connectivity index (χ2v) is 15.8. The molecule has 0 spiro atoms. The number of amides is 2. The molecule has 57 heavy (non-hydrogen) atoms. The van der Waals surface area contributed by atoms with Crippen molar-refractivity contribution in [2.45, 2.75) is 59.5 Å². The van der Waals surface area contributed by atoms with Gasteiger partial charge in [0.2, 0.25) is 17.8 Å². The van der Waals surface area contributed by atoms with E-state index in [-0.39, 0.29) is 44.3 Å². The zero-order valence-electron chi connectivity index (χ0n) is 32.8. The lowest BCUT2D eigenvalue weighted by Crippen LogP contribution is -2.42. The Kier molecular flexibility index (Phi) is 12.2. The van der Waals surface area contributed by atoms with Gasteiger partial charge in [-0.2, -0.15) is 5.26 Å². The van der Waals surface area contributed by atoms with Crippen LogP contribution in [0.25, 0.3) is 22.7 Å². The van der Waals surface area contributed by atoms with Crippen molar-refractivity contribution in [1.82, 2.24) is 4.98 Å². The number of hydrogen-bond donors (Lipinski definition) is 1. The van der Waals surface area contributed by atoms with Crippen LogP contribution in [-0.4, -0.2) is 48.0 Å². The number of non-ortho nitro benzene ring substituents is 1. The molecule has 1 atom stereocenters. The molecule has 1 heterocycles. The van der Waals surface area contributed by atoms with E-state index in [2.05, 4.69) is 51.0 Å². The van der Waals surface area contributed by atoms with Crippen LogP contribution in [-0.2, 0) is 14.9 Å². The average molecular weight is 792 g/mol. The van der Waals surface area contributed by atoms with Gasteiger partial charge in [0.15, 0.2) is 5.58 Å². The molecule has 0 aliphatic rings. The van der Waals surface area contributed by atoms with Crippen LogP contribution in [0.3, 0.4) is 0 Å². The summed E-state index contributed by atoms with van der Waals surface area (Å²) in [5.74, 6) is -1.35. The topological polar surface area (TPSA) is 178 Å². The molecule has 0 saturated heterocycles. The van der Waals surface area contributed by atoms with Gasteiger partial charge in [0.25, 0.3) is 11.6 Å². The largest absolute Gasteiger partial charge is 0.497 e. The number of carbonyl (C=O) groups is 3. The second-order valence-electron chi connectivity index (χ2n) is 15.4. The van der Waals surface area contributed by atoms with E-state index in [1.807, 2.05) is 18.2 Å². The summed E-state index contributed by atoms with van der Waals surface area (Å²) in [6.45, 7) is 12.8. The number of anilines is 2. The second kappa shape index (κ2) is 16.7. The van der Waals surface area contributed by atoms with Gasteiger partial charge in [-0.1, -0.05) is 58.4 Å². The molecule has 0 radical (unpaired) electrons. The number of nitrogens with one attached hydrogen (secondary N) is 1. The number of ether oxygens (including phenoxy) is 2. The first-order chi connectivity index (χ1) is 26.8. The third-order valence-electron chi connectivity index (χ3n) is 9.19. The normalized spacial score (nSPS) is 12.4. The quantitative estimate of drug-likeness (QED) is 0.0420. The van der Waals surface area contributed by atoms with Crippen molar-refractivity contribution in [3.63, 3.8) is 0 Å². The molecular formula is C43H42ClN5O8. The van der Waals surface area contributed by atoms with Crippen LogP contribution in [0, 0.1) is 33.8 Å². The summed E-state index contributed by atoms with van der Waals surface area (Å²) < 4.78 is 16.7. The van der Waals surface area contributed by atoms with Gasteiger partial charge < -0.3 is 19.2 Å². The summed E-state index contributed by atoms with van der Waals surface area (Å²) in [7, 11) is 2.84.